The Morgan fingerprint density at radius 1 is 1.05 bits per heavy atom. The van der Waals surface area contributed by atoms with Crippen LogP contribution in [0.2, 0.25) is 0 Å². The fourth-order valence-corrected chi connectivity index (χ4v) is 5.41. The van der Waals surface area contributed by atoms with Gasteiger partial charge in [-0.2, -0.15) is 0 Å². The van der Waals surface area contributed by atoms with Gasteiger partial charge in [0.15, 0.2) is 0 Å². The lowest BCUT2D eigenvalue weighted by Crippen LogP contribution is -2.42. The van der Waals surface area contributed by atoms with Crippen molar-refractivity contribution in [1.82, 2.24) is 20.3 Å². The van der Waals surface area contributed by atoms with Crippen molar-refractivity contribution < 1.29 is 13.9 Å². The lowest BCUT2D eigenvalue weighted by atomic mass is 9.84. The van der Waals surface area contributed by atoms with E-state index in [0.717, 1.165) is 44.3 Å². The van der Waals surface area contributed by atoms with Crippen molar-refractivity contribution in [3.05, 3.63) is 66.2 Å². The number of nitrogens with one attached hydrogen (secondary N) is 3. The molecule has 1 amide bonds. The summed E-state index contributed by atoms with van der Waals surface area (Å²) >= 11 is 0. The van der Waals surface area contributed by atoms with Crippen molar-refractivity contribution in [2.45, 2.75) is 45.6 Å². The normalized spacial score (nSPS) is 19.2. The van der Waals surface area contributed by atoms with Gasteiger partial charge >= 0.3 is 0 Å². The van der Waals surface area contributed by atoms with E-state index in [1.54, 1.807) is 18.5 Å². The SMILES string of the molecule is Cc1ccc2c(NC(=O)C3CCC3)c(F)ccc2c1Oc1ncccc1-c1ccnc(N[C@@H]2CNC[C@H](C)C2)n1. The Morgan fingerprint density at radius 3 is 2.70 bits per heavy atom. The molecule has 1 aliphatic heterocycles. The van der Waals surface area contributed by atoms with Crippen LogP contribution < -0.4 is 20.7 Å². The molecule has 0 bridgehead atoms. The molecule has 4 aromatic rings. The van der Waals surface area contributed by atoms with E-state index >= 15 is 0 Å². The first-order chi connectivity index (χ1) is 19.5. The number of aromatic nitrogens is 3. The predicted octanol–water partition coefficient (Wildman–Crippen LogP) is 6.08. The van der Waals surface area contributed by atoms with Gasteiger partial charge in [0, 0.05) is 41.7 Å². The summed E-state index contributed by atoms with van der Waals surface area (Å²) in [4.78, 5) is 26.4. The number of pyridine rings is 1. The van der Waals surface area contributed by atoms with Crippen LogP contribution in [0.15, 0.2) is 54.9 Å². The zero-order chi connectivity index (χ0) is 27.6. The van der Waals surface area contributed by atoms with Gasteiger partial charge in [0.2, 0.25) is 17.7 Å². The van der Waals surface area contributed by atoms with Crippen LogP contribution in [-0.2, 0) is 4.79 Å². The number of fused-ring (bicyclic) bond motifs is 1. The summed E-state index contributed by atoms with van der Waals surface area (Å²) in [5.41, 5.74) is 2.42. The second-order valence-corrected chi connectivity index (χ2v) is 10.9. The van der Waals surface area contributed by atoms with Gasteiger partial charge in [-0.25, -0.2) is 19.3 Å². The van der Waals surface area contributed by atoms with E-state index in [0.29, 0.717) is 45.5 Å². The Labute approximate surface area is 232 Å². The largest absolute Gasteiger partial charge is 0.437 e. The molecule has 0 spiro atoms. The molecule has 3 heterocycles. The fourth-order valence-electron chi connectivity index (χ4n) is 5.41. The summed E-state index contributed by atoms with van der Waals surface area (Å²) < 4.78 is 21.4. The first kappa shape index (κ1) is 26.1. The summed E-state index contributed by atoms with van der Waals surface area (Å²) in [5.74, 6) is 1.38. The number of nitrogens with zero attached hydrogens (tertiary/aromatic N) is 3. The van der Waals surface area contributed by atoms with E-state index in [4.69, 9.17) is 9.72 Å². The molecule has 2 atom stereocenters. The van der Waals surface area contributed by atoms with Crippen LogP contribution >= 0.6 is 0 Å². The average molecular weight is 541 g/mol. The minimum atomic E-state index is -0.475. The number of anilines is 2. The van der Waals surface area contributed by atoms with Crippen LogP contribution in [0.1, 0.15) is 38.2 Å². The average Bonchev–Trinajstić information content (AvgIpc) is 2.91. The van der Waals surface area contributed by atoms with Crippen LogP contribution in [0.25, 0.3) is 22.0 Å². The zero-order valence-corrected chi connectivity index (χ0v) is 22.7. The van der Waals surface area contributed by atoms with Crippen molar-refractivity contribution in [2.75, 3.05) is 23.7 Å². The second-order valence-electron chi connectivity index (χ2n) is 10.9. The molecule has 8 nitrogen and oxygen atoms in total. The molecule has 40 heavy (non-hydrogen) atoms. The number of aryl methyl sites for hydroxylation is 1. The topological polar surface area (TPSA) is 101 Å². The molecule has 0 radical (unpaired) electrons. The van der Waals surface area contributed by atoms with E-state index in [-0.39, 0.29) is 23.6 Å². The number of ether oxygens (including phenoxy) is 1. The number of hydrogen-bond acceptors (Lipinski definition) is 7. The van der Waals surface area contributed by atoms with Crippen LogP contribution in [0, 0.1) is 24.6 Å². The molecule has 2 fully saturated rings. The standard InChI is InChI=1S/C31H33FN6O2/c1-18-15-21(17-33-16-18)36-31-35-14-12-26(37-31)24-7-4-13-34-30(24)40-28-19(2)8-9-22-23(28)10-11-25(32)27(22)38-29(39)20-5-3-6-20/h4,7-14,18,20-21,33H,3,5-6,15-17H2,1-2H3,(H,38,39)(H,35,36,37)/t18-,21+/m1/s1. The molecule has 0 unspecified atom stereocenters. The Kier molecular flexibility index (Phi) is 7.30. The maximum Gasteiger partial charge on any atom is 0.228 e. The summed E-state index contributed by atoms with van der Waals surface area (Å²) in [6, 6.07) is 12.6. The lowest BCUT2D eigenvalue weighted by molar-refractivity contribution is -0.122. The van der Waals surface area contributed by atoms with Crippen molar-refractivity contribution in [3.8, 4) is 22.9 Å². The number of benzene rings is 2. The Bertz CT molecular complexity index is 1560. The minimum Gasteiger partial charge on any atom is -0.437 e. The maximum atomic E-state index is 14.9. The summed E-state index contributed by atoms with van der Waals surface area (Å²) in [6.07, 6.45) is 7.14. The Morgan fingerprint density at radius 2 is 1.90 bits per heavy atom. The van der Waals surface area contributed by atoms with Gasteiger partial charge in [0.1, 0.15) is 11.6 Å². The van der Waals surface area contributed by atoms with Crippen molar-refractivity contribution in [2.24, 2.45) is 11.8 Å². The molecular formula is C31H33FN6O2. The quantitative estimate of drug-likeness (QED) is 0.261. The van der Waals surface area contributed by atoms with E-state index < -0.39 is 5.82 Å². The Hall–Kier alpha value is -4.11. The van der Waals surface area contributed by atoms with Crippen molar-refractivity contribution >= 4 is 28.3 Å². The smallest absolute Gasteiger partial charge is 0.228 e. The fraction of sp³-hybridized carbons (Fsp3) is 0.355. The number of rotatable bonds is 7. The lowest BCUT2D eigenvalue weighted by Gasteiger charge is -2.28. The van der Waals surface area contributed by atoms with Gasteiger partial charge in [-0.3, -0.25) is 4.79 Å². The number of halogens is 1. The molecule has 3 N–H and O–H groups in total. The molecule has 1 saturated carbocycles. The van der Waals surface area contributed by atoms with Crippen molar-refractivity contribution in [3.63, 3.8) is 0 Å². The monoisotopic (exact) mass is 540 g/mol. The number of carbonyl (C=O) groups is 1. The summed E-state index contributed by atoms with van der Waals surface area (Å²) in [6.45, 7) is 6.04. The van der Waals surface area contributed by atoms with Crippen LogP contribution in [0.4, 0.5) is 16.0 Å². The van der Waals surface area contributed by atoms with Gasteiger partial charge in [0.05, 0.1) is 16.9 Å². The van der Waals surface area contributed by atoms with E-state index in [2.05, 4.69) is 32.8 Å². The molecule has 9 heteroatoms. The molecule has 1 saturated heterocycles. The third kappa shape index (κ3) is 5.34. The number of hydrogen-bond donors (Lipinski definition) is 3. The van der Waals surface area contributed by atoms with Gasteiger partial charge in [0.25, 0.3) is 0 Å². The van der Waals surface area contributed by atoms with Crippen LogP contribution in [0.3, 0.4) is 0 Å². The molecule has 6 rings (SSSR count). The van der Waals surface area contributed by atoms with Gasteiger partial charge < -0.3 is 20.7 Å². The highest BCUT2D eigenvalue weighted by Crippen LogP contribution is 2.40. The van der Waals surface area contributed by atoms with E-state index in [9.17, 15) is 9.18 Å². The number of piperidine rings is 1. The maximum absolute atomic E-state index is 14.9. The first-order valence-electron chi connectivity index (χ1n) is 13.9. The molecule has 1 aliphatic carbocycles. The first-order valence-corrected chi connectivity index (χ1v) is 13.9. The van der Waals surface area contributed by atoms with E-state index in [1.807, 2.05) is 37.3 Å². The van der Waals surface area contributed by atoms with Gasteiger partial charge in [-0.1, -0.05) is 25.5 Å². The minimum absolute atomic E-state index is 0.0584. The van der Waals surface area contributed by atoms with Gasteiger partial charge in [-0.15, -0.1) is 0 Å². The number of carbonyl (C=O) groups excluding carboxylic acids is 1. The highest BCUT2D eigenvalue weighted by Gasteiger charge is 2.27. The van der Waals surface area contributed by atoms with Gasteiger partial charge in [-0.05, 0) is 74.5 Å². The highest BCUT2D eigenvalue weighted by molar-refractivity contribution is 6.05. The molecule has 206 valence electrons. The predicted molar refractivity (Wildman–Crippen MR) is 154 cm³/mol. The van der Waals surface area contributed by atoms with E-state index in [1.165, 1.54) is 6.07 Å². The molecule has 2 aromatic heterocycles. The highest BCUT2D eigenvalue weighted by atomic mass is 19.1. The summed E-state index contributed by atoms with van der Waals surface area (Å²) in [5, 5.41) is 11.0. The summed E-state index contributed by atoms with van der Waals surface area (Å²) in [7, 11) is 0. The Balaban J connectivity index is 1.32. The van der Waals surface area contributed by atoms with Crippen LogP contribution in [0.5, 0.6) is 11.6 Å². The molecular weight excluding hydrogens is 507 g/mol. The number of amides is 1. The second kappa shape index (κ2) is 11.2. The third-order valence-corrected chi connectivity index (χ3v) is 7.83. The van der Waals surface area contributed by atoms with Crippen LogP contribution in [-0.4, -0.2) is 40.0 Å². The molecule has 2 aliphatic rings. The molecule has 2 aromatic carbocycles. The van der Waals surface area contributed by atoms with Crippen molar-refractivity contribution in [1.29, 1.82) is 0 Å². The zero-order valence-electron chi connectivity index (χ0n) is 22.7. The third-order valence-electron chi connectivity index (χ3n) is 7.83.